The van der Waals surface area contributed by atoms with Crippen LogP contribution in [0, 0.1) is 23.2 Å². The van der Waals surface area contributed by atoms with Gasteiger partial charge < -0.3 is 0 Å². The number of rotatable bonds is 4. The molecule has 7 heteroatoms. The van der Waals surface area contributed by atoms with E-state index in [-0.39, 0.29) is 12.0 Å². The van der Waals surface area contributed by atoms with Crippen LogP contribution in [0.15, 0.2) is 0 Å². The summed E-state index contributed by atoms with van der Waals surface area (Å²) in [6.45, 7) is 0.237. The molecule has 4 rings (SSSR count). The molecular weight excluding hydrogens is 375 g/mol. The molecule has 4 nitrogen and oxygen atoms in total. The first-order chi connectivity index (χ1) is 9.31. The molecule has 0 heterocycles. The third kappa shape index (κ3) is 2.53. The van der Waals surface area contributed by atoms with Gasteiger partial charge in [0.15, 0.2) is 0 Å². The van der Waals surface area contributed by atoms with Gasteiger partial charge in [-0.25, -0.2) is 0 Å². The van der Waals surface area contributed by atoms with E-state index in [0.29, 0.717) is 17.8 Å². The van der Waals surface area contributed by atoms with Gasteiger partial charge in [-0.1, -0.05) is 0 Å². The Kier molecular flexibility index (Phi) is 3.68. The molecule has 2 N–H and O–H groups in total. The Balaban J connectivity index is 1.64. The fourth-order valence-electron chi connectivity index (χ4n) is 4.98. The summed E-state index contributed by atoms with van der Waals surface area (Å²) in [4.78, 5) is 11.4. The molecule has 0 unspecified atom stereocenters. The topological polar surface area (TPSA) is 66.4 Å². The Morgan fingerprint density at radius 3 is 2.05 bits per heavy atom. The van der Waals surface area contributed by atoms with Gasteiger partial charge in [0.05, 0.1) is 0 Å². The van der Waals surface area contributed by atoms with Crippen molar-refractivity contribution in [2.75, 3.05) is 6.54 Å². The molecule has 0 aromatic heterocycles. The summed E-state index contributed by atoms with van der Waals surface area (Å²) < 4.78 is 41.7. The summed E-state index contributed by atoms with van der Waals surface area (Å²) in [6.07, 6.45) is 6.77. The van der Waals surface area contributed by atoms with Crippen molar-refractivity contribution in [3.63, 3.8) is 0 Å². The molecule has 1 amide bonds. The Morgan fingerprint density at radius 1 is 1.20 bits per heavy atom. The zero-order chi connectivity index (χ0) is 14.5. The van der Waals surface area contributed by atoms with E-state index in [4.69, 9.17) is 3.44 Å². The van der Waals surface area contributed by atoms with E-state index in [1.165, 1.54) is 19.3 Å². The summed E-state index contributed by atoms with van der Waals surface area (Å²) in [7, 11) is 0. The van der Waals surface area contributed by atoms with Crippen LogP contribution in [0.4, 0.5) is 8.78 Å². The third-order valence-electron chi connectivity index (χ3n) is 5.34. The molecular formula is C13H19F2NO3Sn. The molecule has 4 bridgehead atoms. The minimum atomic E-state index is -5.10. The molecule has 0 spiro atoms. The number of carbonyl (C=O) groups excluding carboxylic acids is 1. The van der Waals surface area contributed by atoms with E-state index < -0.39 is 30.0 Å². The van der Waals surface area contributed by atoms with Crippen LogP contribution in [-0.2, 0) is 7.87 Å². The van der Waals surface area contributed by atoms with Crippen LogP contribution in [0.5, 0.6) is 0 Å². The van der Waals surface area contributed by atoms with Gasteiger partial charge in [-0.3, -0.25) is 0 Å². The Hall–Kier alpha value is -0.111. The standard InChI is InChI=1S/C13H18F2NO.H2O.O.Sn/c14-11(15)12(17)16-7-13-4-8-1-9(5-13)3-10(2-8)6-13;;;/h8-10H,1-7H2,(H,16,17);1H2;;/q;;;+1/p-1. The quantitative estimate of drug-likeness (QED) is 0.709. The van der Waals surface area contributed by atoms with E-state index in [0.717, 1.165) is 19.3 Å². The molecule has 4 fully saturated rings. The molecule has 0 saturated heterocycles. The molecule has 0 aromatic rings. The Morgan fingerprint density at radius 2 is 1.65 bits per heavy atom. The van der Waals surface area contributed by atoms with Gasteiger partial charge in [-0.05, 0) is 0 Å². The van der Waals surface area contributed by atoms with E-state index in [9.17, 15) is 16.7 Å². The molecule has 4 saturated carbocycles. The average molecular weight is 394 g/mol. The number of halogens is 2. The van der Waals surface area contributed by atoms with Crippen LogP contribution < -0.4 is 5.32 Å². The summed E-state index contributed by atoms with van der Waals surface area (Å²) in [5.41, 5.74) is -0.0393. The van der Waals surface area contributed by atoms with Crippen molar-refractivity contribution in [1.82, 2.24) is 5.32 Å². The van der Waals surface area contributed by atoms with E-state index in [2.05, 4.69) is 5.32 Å². The van der Waals surface area contributed by atoms with Gasteiger partial charge >= 0.3 is 124 Å². The monoisotopic (exact) mass is 395 g/mol. The maximum atomic E-state index is 13.2. The van der Waals surface area contributed by atoms with Crippen molar-refractivity contribution >= 4 is 26.1 Å². The first kappa shape index (κ1) is 14.8. The van der Waals surface area contributed by atoms with Crippen LogP contribution >= 0.6 is 0 Å². The number of amides is 1. The third-order valence-corrected chi connectivity index (χ3v) is 7.52. The molecule has 0 atom stereocenters. The Labute approximate surface area is 124 Å². The molecule has 0 aromatic carbocycles. The molecule has 0 aliphatic heterocycles. The second kappa shape index (κ2) is 4.97. The number of hydrogen-bond donors (Lipinski definition) is 2. The first-order valence-electron chi connectivity index (χ1n) is 7.20. The fraction of sp³-hybridized carbons (Fsp3) is 0.923. The van der Waals surface area contributed by atoms with Crippen molar-refractivity contribution in [3.8, 4) is 0 Å². The van der Waals surface area contributed by atoms with E-state index in [1.54, 1.807) is 0 Å². The molecule has 112 valence electrons. The van der Waals surface area contributed by atoms with E-state index >= 15 is 0 Å². The van der Waals surface area contributed by atoms with Crippen molar-refractivity contribution in [2.24, 2.45) is 23.2 Å². The van der Waals surface area contributed by atoms with Crippen LogP contribution in [-0.4, -0.2) is 40.0 Å². The van der Waals surface area contributed by atoms with Crippen LogP contribution in [0.2, 0.25) is 0 Å². The number of alkyl halides is 2. The van der Waals surface area contributed by atoms with Gasteiger partial charge in [0.2, 0.25) is 0 Å². The van der Waals surface area contributed by atoms with Crippen molar-refractivity contribution in [3.05, 3.63) is 0 Å². The van der Waals surface area contributed by atoms with E-state index in [1.807, 2.05) is 0 Å². The minimum absolute atomic E-state index is 0.0393. The number of carbonyl (C=O) groups is 1. The summed E-state index contributed by atoms with van der Waals surface area (Å²) >= 11 is -5.10. The van der Waals surface area contributed by atoms with Crippen LogP contribution in [0.1, 0.15) is 38.5 Å². The van der Waals surface area contributed by atoms with Gasteiger partial charge in [-0.15, -0.1) is 0 Å². The summed E-state index contributed by atoms with van der Waals surface area (Å²) in [5.74, 6) is 0.492. The van der Waals surface area contributed by atoms with Gasteiger partial charge in [-0.2, -0.15) is 0 Å². The molecule has 0 radical (unpaired) electrons. The van der Waals surface area contributed by atoms with Gasteiger partial charge in [0, 0.05) is 0 Å². The predicted octanol–water partition coefficient (Wildman–Crippen LogP) is 1.40. The normalized spacial score (nSPS) is 38.9. The zero-order valence-electron chi connectivity index (χ0n) is 11.2. The van der Waals surface area contributed by atoms with Crippen molar-refractivity contribution in [2.45, 2.75) is 42.5 Å². The molecule has 4 aliphatic rings. The zero-order valence-corrected chi connectivity index (χ0v) is 14.1. The second-order valence-electron chi connectivity index (χ2n) is 6.98. The van der Waals surface area contributed by atoms with Crippen LogP contribution in [0.25, 0.3) is 0 Å². The maximum absolute atomic E-state index is 13.2. The van der Waals surface area contributed by atoms with Crippen molar-refractivity contribution in [1.29, 1.82) is 0 Å². The second-order valence-corrected chi connectivity index (χ2v) is 10.5. The fourth-order valence-corrected chi connectivity index (χ4v) is 5.79. The van der Waals surface area contributed by atoms with Gasteiger partial charge in [0.25, 0.3) is 0 Å². The Bertz CT molecular complexity index is 420. The number of hydrogen-bond acceptors (Lipinski definition) is 2. The molecule has 4 aliphatic carbocycles. The van der Waals surface area contributed by atoms with Crippen molar-refractivity contribution < 1.29 is 20.1 Å². The average Bonchev–Trinajstić information content (AvgIpc) is 2.34. The van der Waals surface area contributed by atoms with Crippen LogP contribution in [0.3, 0.4) is 0 Å². The first-order valence-corrected chi connectivity index (χ1v) is 11.1. The van der Waals surface area contributed by atoms with Gasteiger partial charge in [0.1, 0.15) is 0 Å². The number of nitrogens with one attached hydrogen (secondary N) is 1. The predicted molar refractivity (Wildman–Crippen MR) is 67.2 cm³/mol. The SMILES string of the molecule is O=C(NCC12CC3CC(CC(C3)C1)C2)[C](F)(F)[Sn](=[O])[OH]. The summed E-state index contributed by atoms with van der Waals surface area (Å²) in [6, 6.07) is 0. The molecule has 20 heavy (non-hydrogen) atoms. The summed E-state index contributed by atoms with van der Waals surface area (Å²) in [5, 5.41) is 2.26.